The number of aryl methyl sites for hydroxylation is 1. The second-order valence-electron chi connectivity index (χ2n) is 10.2. The number of carbonyl (C=O) groups excluding carboxylic acids is 1. The van der Waals surface area contributed by atoms with Crippen molar-refractivity contribution < 1.29 is 14.3 Å². The second kappa shape index (κ2) is 10.9. The van der Waals surface area contributed by atoms with Gasteiger partial charge in [0.1, 0.15) is 40.6 Å². The molecule has 2 aliphatic heterocycles. The molecule has 0 aliphatic carbocycles. The smallest absolute Gasteiger partial charge is 0.210 e. The van der Waals surface area contributed by atoms with E-state index in [1.807, 2.05) is 48.2 Å². The van der Waals surface area contributed by atoms with Gasteiger partial charge < -0.3 is 29.9 Å². The average Bonchev–Trinajstić information content (AvgIpc) is 3.25. The van der Waals surface area contributed by atoms with Crippen LogP contribution in [0.15, 0.2) is 53.9 Å². The Kier molecular flexibility index (Phi) is 6.96. The second-order valence-corrected chi connectivity index (χ2v) is 10.2. The minimum absolute atomic E-state index is 0.218. The molecule has 6 rings (SSSR count). The van der Waals surface area contributed by atoms with Crippen molar-refractivity contribution in [2.75, 3.05) is 42.8 Å². The number of hydrogen-bond acceptors (Lipinski definition) is 11. The molecule has 2 fully saturated rings. The zero-order chi connectivity index (χ0) is 28.5. The first-order valence-electron chi connectivity index (χ1n) is 13.4. The lowest BCUT2D eigenvalue weighted by Crippen LogP contribution is -2.53. The fourth-order valence-corrected chi connectivity index (χ4v) is 5.67. The van der Waals surface area contributed by atoms with Gasteiger partial charge in [-0.25, -0.2) is 20.5 Å². The summed E-state index contributed by atoms with van der Waals surface area (Å²) < 4.78 is 11.9. The Bertz CT molecular complexity index is 1620. The van der Waals surface area contributed by atoms with Gasteiger partial charge in [0.25, 0.3) is 0 Å². The van der Waals surface area contributed by atoms with Gasteiger partial charge in [-0.15, -0.1) is 0 Å². The highest BCUT2D eigenvalue weighted by Gasteiger charge is 2.39. The van der Waals surface area contributed by atoms with Crippen molar-refractivity contribution in [2.45, 2.75) is 31.8 Å². The molecule has 2 saturated heterocycles. The maximum absolute atomic E-state index is 11.5. The molecule has 2 atom stereocenters. The molecule has 4 aromatic rings. The number of piperazine rings is 1. The fourth-order valence-electron chi connectivity index (χ4n) is 5.67. The van der Waals surface area contributed by atoms with Crippen LogP contribution in [0.2, 0.25) is 0 Å². The van der Waals surface area contributed by atoms with Gasteiger partial charge in [0.15, 0.2) is 5.82 Å². The van der Waals surface area contributed by atoms with Gasteiger partial charge in [-0.2, -0.15) is 5.11 Å². The van der Waals surface area contributed by atoms with Gasteiger partial charge >= 0.3 is 0 Å². The van der Waals surface area contributed by atoms with E-state index in [1.165, 1.54) is 6.33 Å². The van der Waals surface area contributed by atoms with Crippen molar-refractivity contribution in [3.63, 3.8) is 0 Å². The highest BCUT2D eigenvalue weighted by atomic mass is 16.5. The average molecular weight is 554 g/mol. The third kappa shape index (κ3) is 4.92. The lowest BCUT2D eigenvalue weighted by molar-refractivity contribution is -0.121. The molecule has 2 bridgehead atoms. The number of aromatic nitrogens is 3. The molecule has 2 aromatic heterocycles. The van der Waals surface area contributed by atoms with E-state index < -0.39 is 0 Å². The van der Waals surface area contributed by atoms with E-state index >= 15 is 0 Å². The van der Waals surface area contributed by atoms with E-state index in [-0.39, 0.29) is 12.1 Å². The van der Waals surface area contributed by atoms with Crippen molar-refractivity contribution in [1.29, 1.82) is 5.53 Å². The van der Waals surface area contributed by atoms with Crippen LogP contribution in [0, 0.1) is 12.5 Å². The van der Waals surface area contributed by atoms with Crippen molar-refractivity contribution in [3.05, 3.63) is 54.4 Å². The number of carbonyl (C=O) groups is 1. The number of hydrogen-bond donors (Lipinski definition) is 3. The topological polar surface area (TPSA) is 141 Å². The molecule has 4 heterocycles. The summed E-state index contributed by atoms with van der Waals surface area (Å²) in [6.07, 6.45) is 4.53. The lowest BCUT2D eigenvalue weighted by Gasteiger charge is -2.39. The number of nitrogens with zero attached hydrogens (tertiary/aromatic N) is 6. The molecule has 0 radical (unpaired) electrons. The van der Waals surface area contributed by atoms with Gasteiger partial charge in [-0.3, -0.25) is 4.79 Å². The molecule has 12 nitrogen and oxygen atoms in total. The molecule has 210 valence electrons. The first kappa shape index (κ1) is 26.2. The monoisotopic (exact) mass is 553 g/mol. The van der Waals surface area contributed by atoms with Crippen LogP contribution in [0.4, 0.5) is 28.7 Å². The van der Waals surface area contributed by atoms with Crippen LogP contribution < -0.4 is 25.0 Å². The maximum atomic E-state index is 11.5. The number of ether oxygens (including phenoxy) is 2. The van der Waals surface area contributed by atoms with Gasteiger partial charge in [-0.1, -0.05) is 0 Å². The van der Waals surface area contributed by atoms with E-state index in [4.69, 9.17) is 20.0 Å². The standard InChI is InChI=1S/C29H31N9O3/c1-17-10-24(26(40-3)12-25(17)41-20-6-7-21(31-2)23(11-20)36-30)34-29-28-22(32-15-33-29)8-9-27(35-28)37-13-18-4-5-19(14-37)38(18)16-39/h6-12,15-16,18-19,30-31H,4-5,13-14H2,1-3H3,(H,32,33,34). The predicted octanol–water partition coefficient (Wildman–Crippen LogP) is 5.39. The molecule has 3 N–H and O–H groups in total. The zero-order valence-corrected chi connectivity index (χ0v) is 23.1. The summed E-state index contributed by atoms with van der Waals surface area (Å²) in [5.41, 5.74) is 11.6. The number of rotatable bonds is 9. The summed E-state index contributed by atoms with van der Waals surface area (Å²) in [5.74, 6) is 3.13. The third-order valence-electron chi connectivity index (χ3n) is 7.79. The van der Waals surface area contributed by atoms with Crippen LogP contribution in [0.1, 0.15) is 18.4 Å². The van der Waals surface area contributed by atoms with E-state index in [0.29, 0.717) is 40.0 Å². The molecule has 12 heteroatoms. The fraction of sp³-hybridized carbons (Fsp3) is 0.310. The van der Waals surface area contributed by atoms with Gasteiger partial charge in [-0.05, 0) is 55.7 Å². The predicted molar refractivity (Wildman–Crippen MR) is 156 cm³/mol. The highest BCUT2D eigenvalue weighted by Crippen LogP contribution is 2.39. The van der Waals surface area contributed by atoms with Crippen LogP contribution in [0.25, 0.3) is 11.0 Å². The minimum Gasteiger partial charge on any atom is -0.494 e. The molecule has 1 amide bonds. The van der Waals surface area contributed by atoms with E-state index in [2.05, 4.69) is 30.6 Å². The Morgan fingerprint density at radius 3 is 2.56 bits per heavy atom. The summed E-state index contributed by atoms with van der Waals surface area (Å²) in [4.78, 5) is 29.6. The molecule has 0 saturated carbocycles. The molecular weight excluding hydrogens is 522 g/mol. The van der Waals surface area contributed by atoms with E-state index in [9.17, 15) is 4.79 Å². The van der Waals surface area contributed by atoms with E-state index in [1.54, 1.807) is 20.2 Å². The Balaban J connectivity index is 1.28. The summed E-state index contributed by atoms with van der Waals surface area (Å²) in [6.45, 7) is 3.46. The van der Waals surface area contributed by atoms with Crippen LogP contribution in [0.5, 0.6) is 17.2 Å². The van der Waals surface area contributed by atoms with Crippen LogP contribution in [-0.2, 0) is 4.79 Å². The minimum atomic E-state index is 0.218. The van der Waals surface area contributed by atoms with Gasteiger partial charge in [0, 0.05) is 44.4 Å². The number of fused-ring (bicyclic) bond motifs is 3. The van der Waals surface area contributed by atoms with Crippen molar-refractivity contribution >= 4 is 46.1 Å². The molecule has 41 heavy (non-hydrogen) atoms. The summed E-state index contributed by atoms with van der Waals surface area (Å²) >= 11 is 0. The third-order valence-corrected chi connectivity index (χ3v) is 7.79. The van der Waals surface area contributed by atoms with E-state index in [0.717, 1.165) is 54.9 Å². The number of pyridine rings is 1. The maximum Gasteiger partial charge on any atom is 0.210 e. The molecular formula is C29H31N9O3. The van der Waals surface area contributed by atoms with Crippen LogP contribution in [-0.4, -0.2) is 65.6 Å². The number of amides is 1. The first-order chi connectivity index (χ1) is 20.0. The lowest BCUT2D eigenvalue weighted by atomic mass is 10.1. The normalized spacial score (nSPS) is 17.8. The Morgan fingerprint density at radius 2 is 1.85 bits per heavy atom. The molecule has 2 aliphatic rings. The number of nitrogens with one attached hydrogen (secondary N) is 3. The van der Waals surface area contributed by atoms with Crippen molar-refractivity contribution in [2.24, 2.45) is 5.11 Å². The zero-order valence-electron chi connectivity index (χ0n) is 23.1. The van der Waals surface area contributed by atoms with Crippen LogP contribution in [0.3, 0.4) is 0 Å². The number of anilines is 4. The molecule has 2 aromatic carbocycles. The van der Waals surface area contributed by atoms with Gasteiger partial charge in [0.05, 0.1) is 24.0 Å². The summed E-state index contributed by atoms with van der Waals surface area (Å²) in [5, 5.41) is 9.98. The number of methoxy groups -OCH3 is 1. The highest BCUT2D eigenvalue weighted by molar-refractivity contribution is 5.89. The SMILES string of the molecule is CNc1ccc(Oc2cc(OC)c(Nc3ncnc4ccc(N5CC6CCC(C5)N6C=O)nc34)cc2C)cc1N=N. The first-order valence-corrected chi connectivity index (χ1v) is 13.4. The largest absolute Gasteiger partial charge is 0.494 e. The Labute approximate surface area is 237 Å². The van der Waals surface area contributed by atoms with Crippen molar-refractivity contribution in [1.82, 2.24) is 19.9 Å². The Morgan fingerprint density at radius 1 is 1.05 bits per heavy atom. The Hall–Kier alpha value is -5.00. The summed E-state index contributed by atoms with van der Waals surface area (Å²) in [6, 6.07) is 13.5. The van der Waals surface area contributed by atoms with Crippen LogP contribution >= 0.6 is 0 Å². The summed E-state index contributed by atoms with van der Waals surface area (Å²) in [7, 11) is 3.38. The molecule has 2 unspecified atom stereocenters. The van der Waals surface area contributed by atoms with Crippen molar-refractivity contribution in [3.8, 4) is 17.2 Å². The molecule has 0 spiro atoms. The number of benzene rings is 2. The quantitative estimate of drug-likeness (QED) is 0.184. The van der Waals surface area contributed by atoms with Gasteiger partial charge in [0.2, 0.25) is 6.41 Å².